The number of carbonyl (C=O) groups is 2. The number of rotatable bonds is 7. The molecule has 2 rings (SSSR count). The van der Waals surface area contributed by atoms with Gasteiger partial charge in [-0.25, -0.2) is 0 Å². The Kier molecular flexibility index (Phi) is 4.55. The summed E-state index contributed by atoms with van der Waals surface area (Å²) in [6.45, 7) is 2.20. The van der Waals surface area contributed by atoms with Crippen LogP contribution < -0.4 is 10.1 Å². The van der Waals surface area contributed by atoms with Crippen LogP contribution in [0.2, 0.25) is 0 Å². The summed E-state index contributed by atoms with van der Waals surface area (Å²) in [4.78, 5) is 22.9. The van der Waals surface area contributed by atoms with E-state index in [4.69, 9.17) is 4.74 Å². The minimum absolute atomic E-state index is 0.0419. The summed E-state index contributed by atoms with van der Waals surface area (Å²) in [5, 5.41) is 2.91. The van der Waals surface area contributed by atoms with Crippen molar-refractivity contribution in [1.29, 1.82) is 0 Å². The third kappa shape index (κ3) is 4.39. The van der Waals surface area contributed by atoms with E-state index in [0.29, 0.717) is 36.8 Å². The van der Waals surface area contributed by atoms with Crippen LogP contribution in [0.25, 0.3) is 0 Å². The van der Waals surface area contributed by atoms with Gasteiger partial charge in [-0.05, 0) is 37.1 Å². The van der Waals surface area contributed by atoms with E-state index in [1.54, 1.807) is 24.3 Å². The van der Waals surface area contributed by atoms with Crippen LogP contribution in [0.4, 0.5) is 0 Å². The average molecular weight is 261 g/mol. The Balaban J connectivity index is 1.73. The largest absolute Gasteiger partial charge is 0.493 e. The van der Waals surface area contributed by atoms with Crippen LogP contribution in [0.15, 0.2) is 24.3 Å². The molecule has 102 valence electrons. The molecule has 0 heterocycles. The number of Topliss-reactive ketones (excluding diaryl/α,β-unsaturated/α-hetero) is 1. The first-order valence-electron chi connectivity index (χ1n) is 6.74. The minimum atomic E-state index is 0.0419. The fourth-order valence-corrected chi connectivity index (χ4v) is 1.73. The van der Waals surface area contributed by atoms with Crippen molar-refractivity contribution >= 4 is 11.7 Å². The van der Waals surface area contributed by atoms with Gasteiger partial charge in [-0.2, -0.15) is 0 Å². The topological polar surface area (TPSA) is 55.4 Å². The Morgan fingerprint density at radius 1 is 1.26 bits per heavy atom. The van der Waals surface area contributed by atoms with E-state index >= 15 is 0 Å². The number of carbonyl (C=O) groups excluding carboxylic acids is 2. The lowest BCUT2D eigenvalue weighted by Crippen LogP contribution is -2.26. The van der Waals surface area contributed by atoms with Crippen molar-refractivity contribution in [3.05, 3.63) is 29.8 Å². The molecule has 1 aliphatic rings. The maximum atomic E-state index is 11.4. The van der Waals surface area contributed by atoms with Gasteiger partial charge in [-0.3, -0.25) is 9.59 Å². The zero-order valence-electron chi connectivity index (χ0n) is 11.1. The highest BCUT2D eigenvalue weighted by Gasteiger charge is 2.22. The Hall–Kier alpha value is -1.84. The van der Waals surface area contributed by atoms with Gasteiger partial charge in [-0.1, -0.05) is 6.92 Å². The van der Waals surface area contributed by atoms with Crippen molar-refractivity contribution in [3.8, 4) is 5.75 Å². The number of ether oxygens (including phenoxy) is 1. The third-order valence-corrected chi connectivity index (χ3v) is 3.04. The molecule has 1 aromatic rings. The van der Waals surface area contributed by atoms with Gasteiger partial charge < -0.3 is 10.1 Å². The Bertz CT molecular complexity index is 449. The maximum Gasteiger partial charge on any atom is 0.223 e. The van der Waals surface area contributed by atoms with Crippen molar-refractivity contribution in [3.63, 3.8) is 0 Å². The SMILES string of the molecule is CCC(=O)c1ccc(OCCC(=O)NC2CC2)cc1. The lowest BCUT2D eigenvalue weighted by molar-refractivity contribution is -0.121. The van der Waals surface area contributed by atoms with E-state index in [-0.39, 0.29) is 11.7 Å². The lowest BCUT2D eigenvalue weighted by atomic mass is 10.1. The van der Waals surface area contributed by atoms with Crippen LogP contribution >= 0.6 is 0 Å². The first-order valence-corrected chi connectivity index (χ1v) is 6.74. The molecule has 1 saturated carbocycles. The molecule has 0 saturated heterocycles. The van der Waals surface area contributed by atoms with Gasteiger partial charge in [-0.15, -0.1) is 0 Å². The second-order valence-electron chi connectivity index (χ2n) is 4.74. The Morgan fingerprint density at radius 3 is 2.53 bits per heavy atom. The number of hydrogen-bond donors (Lipinski definition) is 1. The smallest absolute Gasteiger partial charge is 0.223 e. The molecule has 0 radical (unpaired) electrons. The monoisotopic (exact) mass is 261 g/mol. The molecule has 1 fully saturated rings. The zero-order chi connectivity index (χ0) is 13.7. The summed E-state index contributed by atoms with van der Waals surface area (Å²) >= 11 is 0. The summed E-state index contributed by atoms with van der Waals surface area (Å²) in [6.07, 6.45) is 3.06. The lowest BCUT2D eigenvalue weighted by Gasteiger charge is -2.07. The maximum absolute atomic E-state index is 11.4. The first kappa shape index (κ1) is 13.6. The van der Waals surface area contributed by atoms with E-state index in [2.05, 4.69) is 5.32 Å². The minimum Gasteiger partial charge on any atom is -0.493 e. The van der Waals surface area contributed by atoms with Crippen LogP contribution in [0.5, 0.6) is 5.75 Å². The number of benzene rings is 1. The predicted octanol–water partition coefficient (Wildman–Crippen LogP) is 2.33. The van der Waals surface area contributed by atoms with E-state index in [0.717, 1.165) is 12.8 Å². The van der Waals surface area contributed by atoms with Gasteiger partial charge in [0.2, 0.25) is 5.91 Å². The van der Waals surface area contributed by atoms with E-state index in [1.807, 2.05) is 6.92 Å². The van der Waals surface area contributed by atoms with Crippen molar-refractivity contribution in [1.82, 2.24) is 5.32 Å². The molecule has 1 amide bonds. The standard InChI is InChI=1S/C15H19NO3/c1-2-14(17)11-3-7-13(8-4-11)19-10-9-15(18)16-12-5-6-12/h3-4,7-8,12H,2,5-6,9-10H2,1H3,(H,16,18). The van der Waals surface area contributed by atoms with Crippen LogP contribution in [-0.2, 0) is 4.79 Å². The van der Waals surface area contributed by atoms with Gasteiger partial charge in [0.1, 0.15) is 5.75 Å². The molecule has 0 atom stereocenters. The number of amides is 1. The fourth-order valence-electron chi connectivity index (χ4n) is 1.73. The first-order chi connectivity index (χ1) is 9.19. The third-order valence-electron chi connectivity index (χ3n) is 3.04. The van der Waals surface area contributed by atoms with E-state index < -0.39 is 0 Å². The van der Waals surface area contributed by atoms with E-state index in [9.17, 15) is 9.59 Å². The molecule has 0 bridgehead atoms. The van der Waals surface area contributed by atoms with Gasteiger partial charge in [0, 0.05) is 18.0 Å². The highest BCUT2D eigenvalue weighted by Crippen LogP contribution is 2.18. The summed E-state index contributed by atoms with van der Waals surface area (Å²) < 4.78 is 5.47. The molecule has 1 aromatic carbocycles. The summed E-state index contributed by atoms with van der Waals surface area (Å²) in [6, 6.07) is 7.44. The molecule has 1 N–H and O–H groups in total. The van der Waals surface area contributed by atoms with Crippen LogP contribution in [0.3, 0.4) is 0 Å². The summed E-state index contributed by atoms with van der Waals surface area (Å²) in [7, 11) is 0. The van der Waals surface area contributed by atoms with Crippen LogP contribution in [-0.4, -0.2) is 24.3 Å². The zero-order valence-corrected chi connectivity index (χ0v) is 11.1. The molecular formula is C15H19NO3. The fraction of sp³-hybridized carbons (Fsp3) is 0.467. The Morgan fingerprint density at radius 2 is 1.95 bits per heavy atom. The normalized spacial score (nSPS) is 13.9. The quantitative estimate of drug-likeness (QED) is 0.766. The molecule has 4 heteroatoms. The molecule has 1 aliphatic carbocycles. The molecule has 0 aliphatic heterocycles. The van der Waals surface area contributed by atoms with E-state index in [1.165, 1.54) is 0 Å². The number of hydrogen-bond acceptors (Lipinski definition) is 3. The molecular weight excluding hydrogens is 242 g/mol. The van der Waals surface area contributed by atoms with Crippen LogP contribution in [0, 0.1) is 0 Å². The molecule has 19 heavy (non-hydrogen) atoms. The number of ketones is 1. The van der Waals surface area contributed by atoms with Gasteiger partial charge in [0.25, 0.3) is 0 Å². The summed E-state index contributed by atoms with van der Waals surface area (Å²) in [5.74, 6) is 0.850. The second kappa shape index (κ2) is 6.36. The van der Waals surface area contributed by atoms with Gasteiger partial charge in [0.05, 0.1) is 13.0 Å². The predicted molar refractivity (Wildman–Crippen MR) is 72.3 cm³/mol. The highest BCUT2D eigenvalue weighted by molar-refractivity contribution is 5.95. The molecule has 4 nitrogen and oxygen atoms in total. The molecule has 0 spiro atoms. The van der Waals surface area contributed by atoms with Crippen LogP contribution in [0.1, 0.15) is 43.0 Å². The van der Waals surface area contributed by atoms with Crippen molar-refractivity contribution in [2.75, 3.05) is 6.61 Å². The van der Waals surface area contributed by atoms with Crippen molar-refractivity contribution in [2.24, 2.45) is 0 Å². The van der Waals surface area contributed by atoms with Crippen molar-refractivity contribution < 1.29 is 14.3 Å². The van der Waals surface area contributed by atoms with Gasteiger partial charge in [0.15, 0.2) is 5.78 Å². The number of nitrogens with one attached hydrogen (secondary N) is 1. The molecule has 0 unspecified atom stereocenters. The second-order valence-corrected chi connectivity index (χ2v) is 4.74. The average Bonchev–Trinajstić information content (AvgIpc) is 3.22. The Labute approximate surface area is 113 Å². The summed E-state index contributed by atoms with van der Waals surface area (Å²) in [5.41, 5.74) is 0.696. The van der Waals surface area contributed by atoms with Crippen molar-refractivity contribution in [2.45, 2.75) is 38.6 Å². The van der Waals surface area contributed by atoms with Gasteiger partial charge >= 0.3 is 0 Å². The molecule has 0 aromatic heterocycles. The highest BCUT2D eigenvalue weighted by atomic mass is 16.5.